The van der Waals surface area contributed by atoms with Crippen LogP contribution < -0.4 is 10.0 Å². The van der Waals surface area contributed by atoms with Crippen LogP contribution in [0.1, 0.15) is 16.1 Å². The molecule has 0 aliphatic rings. The van der Waals surface area contributed by atoms with Crippen LogP contribution in [0.3, 0.4) is 0 Å². The first-order chi connectivity index (χ1) is 10.6. The Morgan fingerprint density at radius 1 is 1.18 bits per heavy atom. The second kappa shape index (κ2) is 7.21. The molecule has 2 rings (SSSR count). The maximum atomic E-state index is 12.1. The van der Waals surface area contributed by atoms with Gasteiger partial charge in [-0.05, 0) is 11.6 Å². The molecule has 22 heavy (non-hydrogen) atoms. The van der Waals surface area contributed by atoms with Gasteiger partial charge >= 0.3 is 11.9 Å². The van der Waals surface area contributed by atoms with E-state index in [1.807, 2.05) is 30.3 Å². The fraction of sp³-hybridized carbons (Fsp3) is 0.188. The lowest BCUT2D eigenvalue weighted by Gasteiger charge is -2.16. The summed E-state index contributed by atoms with van der Waals surface area (Å²) in [5.74, 6) is -1.19. The van der Waals surface area contributed by atoms with Crippen LogP contribution in [0.2, 0.25) is 0 Å². The number of hydrogen-bond acceptors (Lipinski definition) is 4. The van der Waals surface area contributed by atoms with Crippen molar-refractivity contribution in [1.29, 1.82) is 0 Å². The molecule has 0 aliphatic carbocycles. The van der Waals surface area contributed by atoms with Crippen LogP contribution in [0.25, 0.3) is 0 Å². The van der Waals surface area contributed by atoms with E-state index in [1.165, 1.54) is 25.4 Å². The molecular weight excluding hydrogens is 284 g/mol. The average Bonchev–Trinajstić information content (AvgIpc) is 2.54. The quantitative estimate of drug-likeness (QED) is 0.504. The van der Waals surface area contributed by atoms with E-state index in [-0.39, 0.29) is 12.1 Å². The van der Waals surface area contributed by atoms with Crippen molar-refractivity contribution in [2.24, 2.45) is 0 Å². The van der Waals surface area contributed by atoms with Gasteiger partial charge in [0, 0.05) is 18.6 Å². The number of ether oxygens (including phenoxy) is 1. The number of amides is 1. The number of carbonyl (C=O) groups is 2. The lowest BCUT2D eigenvalue weighted by molar-refractivity contribution is -0.607. The van der Waals surface area contributed by atoms with Crippen molar-refractivity contribution in [2.45, 2.75) is 12.5 Å². The largest absolute Gasteiger partial charge is 0.618 e. The zero-order valence-electron chi connectivity index (χ0n) is 12.1. The average molecular weight is 300 g/mol. The molecule has 0 bridgehead atoms. The molecule has 0 radical (unpaired) electrons. The Hall–Kier alpha value is -2.89. The predicted molar refractivity (Wildman–Crippen MR) is 78.8 cm³/mol. The van der Waals surface area contributed by atoms with Crippen LogP contribution in [0, 0.1) is 5.21 Å². The highest BCUT2D eigenvalue weighted by atomic mass is 16.5. The van der Waals surface area contributed by atoms with Gasteiger partial charge in [-0.15, -0.1) is 0 Å². The molecule has 1 atom stereocenters. The molecule has 0 aliphatic heterocycles. The number of hydrogen-bond donors (Lipinski definition) is 1. The third-order valence-corrected chi connectivity index (χ3v) is 3.13. The summed E-state index contributed by atoms with van der Waals surface area (Å²) < 4.78 is 5.16. The highest BCUT2D eigenvalue weighted by Crippen LogP contribution is 2.05. The number of carbonyl (C=O) groups excluding carboxylic acids is 2. The van der Waals surface area contributed by atoms with Gasteiger partial charge in [-0.2, -0.15) is 4.73 Å². The van der Waals surface area contributed by atoms with E-state index in [0.29, 0.717) is 4.73 Å². The Morgan fingerprint density at radius 3 is 2.50 bits per heavy atom. The molecule has 0 saturated carbocycles. The monoisotopic (exact) mass is 300 g/mol. The number of nitrogens with zero attached hydrogens (tertiary/aromatic N) is 1. The second-order valence-corrected chi connectivity index (χ2v) is 4.65. The zero-order chi connectivity index (χ0) is 15.9. The molecule has 2 aromatic rings. The first-order valence-corrected chi connectivity index (χ1v) is 6.72. The van der Waals surface area contributed by atoms with Crippen LogP contribution in [-0.2, 0) is 16.0 Å². The minimum absolute atomic E-state index is 0.0792. The number of rotatable bonds is 5. The smallest absolute Gasteiger partial charge is 0.328 e. The minimum atomic E-state index is -0.861. The van der Waals surface area contributed by atoms with Gasteiger partial charge in [0.25, 0.3) is 5.69 Å². The van der Waals surface area contributed by atoms with Gasteiger partial charge in [0.1, 0.15) is 6.04 Å². The molecule has 6 heteroatoms. The van der Waals surface area contributed by atoms with E-state index < -0.39 is 17.9 Å². The highest BCUT2D eigenvalue weighted by molar-refractivity contribution is 5.94. The van der Waals surface area contributed by atoms with Crippen molar-refractivity contribution >= 4 is 11.9 Å². The fourth-order valence-corrected chi connectivity index (χ4v) is 2.02. The summed E-state index contributed by atoms with van der Waals surface area (Å²) in [5, 5.41) is 14.1. The number of pyridine rings is 1. The first-order valence-electron chi connectivity index (χ1n) is 6.72. The number of methoxy groups -OCH3 is 1. The van der Waals surface area contributed by atoms with Gasteiger partial charge in [0.15, 0.2) is 6.20 Å². The number of nitrogens with one attached hydrogen (secondary N) is 1. The van der Waals surface area contributed by atoms with Crippen molar-refractivity contribution in [2.75, 3.05) is 7.11 Å². The molecule has 0 spiro atoms. The molecule has 0 saturated heterocycles. The minimum Gasteiger partial charge on any atom is -0.618 e. The van der Waals surface area contributed by atoms with E-state index in [9.17, 15) is 14.8 Å². The van der Waals surface area contributed by atoms with Crippen molar-refractivity contribution in [3.8, 4) is 0 Å². The zero-order valence-corrected chi connectivity index (χ0v) is 12.1. The molecule has 6 nitrogen and oxygen atoms in total. The molecule has 1 N–H and O–H groups in total. The van der Waals surface area contributed by atoms with E-state index in [4.69, 9.17) is 4.74 Å². The van der Waals surface area contributed by atoms with Crippen LogP contribution in [-0.4, -0.2) is 25.0 Å². The third kappa shape index (κ3) is 3.82. The predicted octanol–water partition coefficient (Wildman–Crippen LogP) is 0.834. The van der Waals surface area contributed by atoms with Gasteiger partial charge in [-0.1, -0.05) is 30.3 Å². The van der Waals surface area contributed by atoms with Gasteiger partial charge in [-0.3, -0.25) is 4.79 Å². The van der Waals surface area contributed by atoms with E-state index in [2.05, 4.69) is 5.32 Å². The number of benzene rings is 1. The normalized spacial score (nSPS) is 11.5. The first kappa shape index (κ1) is 15.5. The summed E-state index contributed by atoms with van der Waals surface area (Å²) in [6.07, 6.45) is 1.50. The number of esters is 1. The van der Waals surface area contributed by atoms with Crippen molar-refractivity contribution < 1.29 is 19.1 Å². The second-order valence-electron chi connectivity index (χ2n) is 4.65. The Bertz CT molecular complexity index is 658. The Kier molecular flexibility index (Phi) is 5.08. The maximum absolute atomic E-state index is 12.1. The molecule has 1 amide bonds. The molecule has 0 fully saturated rings. The maximum Gasteiger partial charge on any atom is 0.328 e. The molecule has 114 valence electrons. The van der Waals surface area contributed by atoms with Crippen LogP contribution >= 0.6 is 0 Å². The molecule has 1 aromatic heterocycles. The van der Waals surface area contributed by atoms with Crippen molar-refractivity contribution in [3.63, 3.8) is 0 Å². The lowest BCUT2D eigenvalue weighted by Crippen LogP contribution is -2.47. The summed E-state index contributed by atoms with van der Waals surface area (Å²) >= 11 is 0. The Morgan fingerprint density at radius 2 is 1.86 bits per heavy atom. The Labute approximate surface area is 127 Å². The summed E-state index contributed by atoms with van der Waals surface area (Å²) in [6, 6.07) is 12.9. The van der Waals surface area contributed by atoms with E-state index in [1.54, 1.807) is 6.07 Å². The molecular formula is C16H16N2O4. The van der Waals surface area contributed by atoms with Gasteiger partial charge in [0.2, 0.25) is 0 Å². The van der Waals surface area contributed by atoms with E-state index >= 15 is 0 Å². The van der Waals surface area contributed by atoms with Crippen molar-refractivity contribution in [3.05, 3.63) is 71.2 Å². The summed E-state index contributed by atoms with van der Waals surface area (Å²) in [5.41, 5.74) is 0.797. The van der Waals surface area contributed by atoms with E-state index in [0.717, 1.165) is 5.56 Å². The standard InChI is InChI=1S/C16H16N2O4/c1-22-16(20)13(11-12-7-3-2-4-8-12)17-15(19)14-9-5-6-10-18(14)21/h2-10,13H,11H2,1H3,(H,17,19)/t13-/m0/s1. The molecule has 1 aromatic carbocycles. The van der Waals surface area contributed by atoms with Crippen LogP contribution in [0.4, 0.5) is 0 Å². The molecule has 1 heterocycles. The van der Waals surface area contributed by atoms with Crippen LogP contribution in [0.5, 0.6) is 0 Å². The summed E-state index contributed by atoms with van der Waals surface area (Å²) in [7, 11) is 1.25. The molecule has 0 unspecified atom stereocenters. The van der Waals surface area contributed by atoms with Gasteiger partial charge in [-0.25, -0.2) is 4.79 Å². The summed E-state index contributed by atoms with van der Waals surface area (Å²) in [6.45, 7) is 0. The summed E-state index contributed by atoms with van der Waals surface area (Å²) in [4.78, 5) is 24.0. The Balaban J connectivity index is 2.15. The third-order valence-electron chi connectivity index (χ3n) is 3.13. The van der Waals surface area contributed by atoms with Gasteiger partial charge in [0.05, 0.1) is 7.11 Å². The highest BCUT2D eigenvalue weighted by Gasteiger charge is 2.25. The topological polar surface area (TPSA) is 82.3 Å². The number of aromatic nitrogens is 1. The lowest BCUT2D eigenvalue weighted by atomic mass is 10.1. The van der Waals surface area contributed by atoms with Crippen molar-refractivity contribution in [1.82, 2.24) is 5.32 Å². The fourth-order valence-electron chi connectivity index (χ4n) is 2.02. The van der Waals surface area contributed by atoms with Gasteiger partial charge < -0.3 is 15.3 Å². The van der Waals surface area contributed by atoms with Crippen LogP contribution in [0.15, 0.2) is 54.7 Å². The SMILES string of the molecule is COC(=O)[C@H](Cc1ccccc1)NC(=O)c1cccc[n+]1[O-].